The van der Waals surface area contributed by atoms with Crippen LogP contribution in [0.3, 0.4) is 0 Å². The number of hydrogen-bond acceptors (Lipinski definition) is 4. The van der Waals surface area contributed by atoms with E-state index < -0.39 is 10.1 Å². The molecule has 3 rings (SSSR count). The summed E-state index contributed by atoms with van der Waals surface area (Å²) in [5.74, 6) is 0. The third kappa shape index (κ3) is 3.71. The van der Waals surface area contributed by atoms with Crippen molar-refractivity contribution in [3.8, 4) is 0 Å². The molecule has 0 unspecified atom stereocenters. The van der Waals surface area contributed by atoms with Crippen molar-refractivity contribution in [3.63, 3.8) is 0 Å². The van der Waals surface area contributed by atoms with Crippen molar-refractivity contribution in [2.75, 3.05) is 0 Å². The van der Waals surface area contributed by atoms with E-state index in [0.717, 1.165) is 0 Å². The van der Waals surface area contributed by atoms with Gasteiger partial charge in [0.15, 0.2) is 0 Å². The number of benzene rings is 2. The lowest BCUT2D eigenvalue weighted by molar-refractivity contribution is -0.646. The van der Waals surface area contributed by atoms with E-state index in [0.29, 0.717) is 5.56 Å². The lowest BCUT2D eigenvalue weighted by atomic mass is 10.2. The molecule has 0 saturated heterocycles. The van der Waals surface area contributed by atoms with Crippen LogP contribution in [-0.4, -0.2) is 13.0 Å². The summed E-state index contributed by atoms with van der Waals surface area (Å²) in [4.78, 5) is -0.139. The Labute approximate surface area is 134 Å². The van der Waals surface area contributed by atoms with Crippen LogP contribution in [-0.2, 0) is 17.2 Å². The summed E-state index contributed by atoms with van der Waals surface area (Å²) in [7, 11) is -2.18. The molecule has 0 amide bonds. The van der Waals surface area contributed by atoms with Crippen LogP contribution >= 0.6 is 11.3 Å². The van der Waals surface area contributed by atoms with E-state index >= 15 is 0 Å². The minimum absolute atomic E-state index is 0.139. The highest BCUT2D eigenvalue weighted by atomic mass is 32.2. The third-order valence-corrected chi connectivity index (χ3v) is 5.45. The van der Waals surface area contributed by atoms with E-state index in [-0.39, 0.29) is 4.90 Å². The first-order chi connectivity index (χ1) is 10.3. The number of fused-ring (bicyclic) bond motifs is 1. The Bertz CT molecular complexity index is 899. The number of rotatable bonds is 1. The van der Waals surface area contributed by atoms with Gasteiger partial charge in [0, 0.05) is 13.0 Å². The molecule has 22 heavy (non-hydrogen) atoms. The molecule has 0 saturated carbocycles. The van der Waals surface area contributed by atoms with Crippen LogP contribution < -0.4 is 4.57 Å². The fourth-order valence-electron chi connectivity index (χ4n) is 2.05. The van der Waals surface area contributed by atoms with Gasteiger partial charge in [0.25, 0.3) is 0 Å². The Balaban J connectivity index is 0.000000160. The van der Waals surface area contributed by atoms with Crippen molar-refractivity contribution in [2.45, 2.75) is 18.7 Å². The first-order valence-corrected chi connectivity index (χ1v) is 8.89. The summed E-state index contributed by atoms with van der Waals surface area (Å²) in [6, 6.07) is 14.6. The molecule has 0 aliphatic carbocycles. The average molecular weight is 335 g/mol. The van der Waals surface area contributed by atoms with Gasteiger partial charge in [-0.15, -0.1) is 0 Å². The summed E-state index contributed by atoms with van der Waals surface area (Å²) in [5.41, 5.74) is 1.82. The monoisotopic (exact) mass is 335 g/mol. The zero-order valence-electron chi connectivity index (χ0n) is 12.6. The van der Waals surface area contributed by atoms with Crippen molar-refractivity contribution in [3.05, 3.63) is 59.1 Å². The lowest BCUT2D eigenvalue weighted by Gasteiger charge is -2.08. The molecule has 0 atom stereocenters. The van der Waals surface area contributed by atoms with E-state index in [1.807, 2.05) is 11.3 Å². The van der Waals surface area contributed by atoms with Crippen LogP contribution in [0.1, 0.15) is 10.6 Å². The standard InChI is InChI=1S/C9H10NS.C7H8O3S/c1-7-10(2)8-5-3-4-6-9(8)11-7;1-6-4-2-3-5-7(6)11(8,9)10/h3-6H,1-2H3;2-5H,1H3,(H,8,9,10)/q+1;/p-1. The smallest absolute Gasteiger partial charge is 0.234 e. The normalized spacial score (nSPS) is 11.1. The van der Waals surface area contributed by atoms with Gasteiger partial charge in [-0.3, -0.25) is 0 Å². The molecule has 0 radical (unpaired) electrons. The maximum Gasteiger partial charge on any atom is 0.234 e. The van der Waals surface area contributed by atoms with Crippen LogP contribution in [0.15, 0.2) is 53.4 Å². The molecule has 4 nitrogen and oxygen atoms in total. The number of thiazole rings is 1. The van der Waals surface area contributed by atoms with Gasteiger partial charge >= 0.3 is 0 Å². The van der Waals surface area contributed by atoms with Gasteiger partial charge in [0.05, 0.1) is 4.90 Å². The van der Waals surface area contributed by atoms with Crippen molar-refractivity contribution >= 4 is 31.7 Å². The highest BCUT2D eigenvalue weighted by Crippen LogP contribution is 2.18. The molecule has 1 heterocycles. The Morgan fingerprint density at radius 2 is 1.59 bits per heavy atom. The summed E-state index contributed by atoms with van der Waals surface area (Å²) >= 11 is 1.84. The van der Waals surface area contributed by atoms with Gasteiger partial charge < -0.3 is 4.55 Å². The average Bonchev–Trinajstić information content (AvgIpc) is 2.75. The first-order valence-electron chi connectivity index (χ1n) is 6.66. The molecule has 3 aromatic rings. The van der Waals surface area contributed by atoms with E-state index in [4.69, 9.17) is 0 Å². The number of nitrogens with zero attached hydrogens (tertiary/aromatic N) is 1. The van der Waals surface area contributed by atoms with Crippen molar-refractivity contribution in [2.24, 2.45) is 7.05 Å². The van der Waals surface area contributed by atoms with Crippen LogP contribution in [0.5, 0.6) is 0 Å². The summed E-state index contributed by atoms with van der Waals surface area (Å²) in [6.07, 6.45) is 0. The number of aromatic nitrogens is 1. The Hall–Kier alpha value is -1.76. The van der Waals surface area contributed by atoms with Gasteiger partial charge in [0.1, 0.15) is 21.9 Å². The van der Waals surface area contributed by atoms with Crippen LogP contribution in [0.25, 0.3) is 10.2 Å². The summed E-state index contributed by atoms with van der Waals surface area (Å²) in [5, 5.41) is 1.35. The molecule has 116 valence electrons. The largest absolute Gasteiger partial charge is 0.744 e. The predicted octanol–water partition coefficient (Wildman–Crippen LogP) is 2.93. The summed E-state index contributed by atoms with van der Waals surface area (Å²) in [6.45, 7) is 3.73. The van der Waals surface area contributed by atoms with Crippen LogP contribution in [0.4, 0.5) is 0 Å². The zero-order chi connectivity index (χ0) is 16.3. The number of aryl methyl sites for hydroxylation is 3. The second-order valence-electron chi connectivity index (χ2n) is 4.87. The third-order valence-electron chi connectivity index (χ3n) is 3.32. The van der Waals surface area contributed by atoms with E-state index in [1.165, 1.54) is 27.4 Å². The fourth-order valence-corrected chi connectivity index (χ4v) is 3.77. The van der Waals surface area contributed by atoms with E-state index in [2.05, 4.69) is 42.8 Å². The molecule has 0 aliphatic heterocycles. The first kappa shape index (κ1) is 16.6. The second-order valence-corrected chi connectivity index (χ2v) is 7.45. The molecule has 0 spiro atoms. The molecule has 0 fully saturated rings. The zero-order valence-corrected chi connectivity index (χ0v) is 14.2. The van der Waals surface area contributed by atoms with E-state index in [9.17, 15) is 13.0 Å². The highest BCUT2D eigenvalue weighted by Gasteiger charge is 2.10. The maximum absolute atomic E-state index is 10.5. The number of para-hydroxylation sites is 1. The topological polar surface area (TPSA) is 61.1 Å². The van der Waals surface area contributed by atoms with Crippen molar-refractivity contribution in [1.29, 1.82) is 0 Å². The second kappa shape index (κ2) is 6.56. The van der Waals surface area contributed by atoms with E-state index in [1.54, 1.807) is 19.1 Å². The molecule has 0 N–H and O–H groups in total. The minimum atomic E-state index is -4.28. The fraction of sp³-hybridized carbons (Fsp3) is 0.188. The van der Waals surface area contributed by atoms with Gasteiger partial charge in [-0.25, -0.2) is 8.42 Å². The van der Waals surface area contributed by atoms with Gasteiger partial charge in [-0.2, -0.15) is 4.57 Å². The lowest BCUT2D eigenvalue weighted by Crippen LogP contribution is -2.28. The van der Waals surface area contributed by atoms with Crippen LogP contribution in [0.2, 0.25) is 0 Å². The molecule has 1 aromatic heterocycles. The Morgan fingerprint density at radius 3 is 2.14 bits per heavy atom. The van der Waals surface area contributed by atoms with Gasteiger partial charge in [0.2, 0.25) is 10.5 Å². The highest BCUT2D eigenvalue weighted by molar-refractivity contribution is 7.85. The minimum Gasteiger partial charge on any atom is -0.744 e. The maximum atomic E-state index is 10.5. The Morgan fingerprint density at radius 1 is 1.00 bits per heavy atom. The molecular formula is C16H17NO3S2. The van der Waals surface area contributed by atoms with Crippen molar-refractivity contribution < 1.29 is 17.5 Å². The molecule has 0 aliphatic rings. The molecular weight excluding hydrogens is 318 g/mol. The van der Waals surface area contributed by atoms with Crippen molar-refractivity contribution in [1.82, 2.24) is 0 Å². The molecule has 2 aromatic carbocycles. The quantitative estimate of drug-likeness (QED) is 0.507. The predicted molar refractivity (Wildman–Crippen MR) is 86.9 cm³/mol. The SMILES string of the molecule is Cc1ccccc1S(=O)(=O)[O-].Cc1sc2ccccc2[n+]1C. The summed E-state index contributed by atoms with van der Waals surface area (Å²) < 4.78 is 35.1. The molecule has 6 heteroatoms. The molecule has 0 bridgehead atoms. The Kier molecular flexibility index (Phi) is 4.95. The number of hydrogen-bond donors (Lipinski definition) is 0. The van der Waals surface area contributed by atoms with Gasteiger partial charge in [-0.05, 0) is 24.6 Å². The van der Waals surface area contributed by atoms with Crippen LogP contribution in [0, 0.1) is 13.8 Å². The van der Waals surface area contributed by atoms with Gasteiger partial charge in [-0.1, -0.05) is 41.7 Å².